The van der Waals surface area contributed by atoms with Gasteiger partial charge in [0.1, 0.15) is 0 Å². The van der Waals surface area contributed by atoms with Crippen molar-refractivity contribution in [3.8, 4) is 0 Å². The van der Waals surface area contributed by atoms with Crippen molar-refractivity contribution >= 4 is 34.9 Å². The summed E-state index contributed by atoms with van der Waals surface area (Å²) in [7, 11) is 0. The van der Waals surface area contributed by atoms with Crippen LogP contribution in [0.4, 0.5) is 0 Å². The number of hydrogen-bond donors (Lipinski definition) is 1. The number of aromatic nitrogens is 2. The molecular weight excluding hydrogens is 252 g/mol. The third kappa shape index (κ3) is 2.26. The van der Waals surface area contributed by atoms with Crippen molar-refractivity contribution in [3.63, 3.8) is 0 Å². The van der Waals surface area contributed by atoms with Gasteiger partial charge in [-0.3, -0.25) is 0 Å². The smallest absolute Gasteiger partial charge is 0.178 e. The van der Waals surface area contributed by atoms with E-state index in [1.165, 1.54) is 0 Å². The summed E-state index contributed by atoms with van der Waals surface area (Å²) in [6.07, 6.45) is 1.14. The fourth-order valence-corrected chi connectivity index (χ4v) is 2.65. The van der Waals surface area contributed by atoms with Crippen LogP contribution in [0.25, 0.3) is 11.0 Å². The van der Waals surface area contributed by atoms with Gasteiger partial charge in [0.2, 0.25) is 0 Å². The van der Waals surface area contributed by atoms with E-state index in [1.54, 1.807) is 0 Å². The zero-order valence-corrected chi connectivity index (χ0v) is 11.9. The number of aromatic amines is 1. The molecule has 2 atom stereocenters. The lowest BCUT2D eigenvalue weighted by molar-refractivity contribution is 0.374. The predicted octanol–water partition coefficient (Wildman–Crippen LogP) is 4.96. The van der Waals surface area contributed by atoms with Gasteiger partial charge in [-0.15, -0.1) is 0 Å². The van der Waals surface area contributed by atoms with E-state index < -0.39 is 0 Å². The normalized spacial score (nSPS) is 15.1. The summed E-state index contributed by atoms with van der Waals surface area (Å²) in [4.78, 5) is 3.22. The third-order valence-electron chi connectivity index (χ3n) is 3.55. The molecule has 0 aliphatic heterocycles. The molecule has 1 N–H and O–H groups in total. The van der Waals surface area contributed by atoms with Gasteiger partial charge in [0.15, 0.2) is 4.77 Å². The fourth-order valence-electron chi connectivity index (χ4n) is 2.10. The summed E-state index contributed by atoms with van der Waals surface area (Å²) < 4.78 is 2.96. The Bertz CT molecular complexity index is 585. The van der Waals surface area contributed by atoms with Crippen LogP contribution in [0.5, 0.6) is 0 Å². The molecule has 17 heavy (non-hydrogen) atoms. The number of H-pyrrole nitrogens is 1. The van der Waals surface area contributed by atoms with Crippen molar-refractivity contribution in [2.75, 3.05) is 0 Å². The highest BCUT2D eigenvalue weighted by Crippen LogP contribution is 2.27. The maximum atomic E-state index is 5.99. The summed E-state index contributed by atoms with van der Waals surface area (Å²) in [5, 5.41) is 0.733. The molecule has 0 fully saturated rings. The Kier molecular flexibility index (Phi) is 3.59. The molecule has 2 rings (SSSR count). The average Bonchev–Trinajstić information content (AvgIpc) is 2.62. The molecule has 2 aromatic rings. The van der Waals surface area contributed by atoms with Gasteiger partial charge in [0.05, 0.1) is 11.0 Å². The quantitative estimate of drug-likeness (QED) is 0.781. The third-order valence-corrected chi connectivity index (χ3v) is 4.09. The second kappa shape index (κ2) is 4.83. The number of nitrogens with one attached hydrogen (secondary N) is 1. The van der Waals surface area contributed by atoms with E-state index in [4.69, 9.17) is 23.8 Å². The summed E-state index contributed by atoms with van der Waals surface area (Å²) in [5.74, 6) is 0.594. The van der Waals surface area contributed by atoms with Crippen LogP contribution in [0.15, 0.2) is 18.2 Å². The van der Waals surface area contributed by atoms with Crippen LogP contribution in [0.1, 0.15) is 33.2 Å². The predicted molar refractivity (Wildman–Crippen MR) is 76.3 cm³/mol. The molecule has 0 radical (unpaired) electrons. The molecule has 4 heteroatoms. The van der Waals surface area contributed by atoms with Crippen molar-refractivity contribution in [1.82, 2.24) is 9.55 Å². The molecule has 0 saturated carbocycles. The van der Waals surface area contributed by atoms with Crippen LogP contribution >= 0.6 is 23.8 Å². The molecule has 0 bridgehead atoms. The number of nitrogens with zero attached hydrogens (tertiary/aromatic N) is 1. The first-order valence-corrected chi connectivity index (χ1v) is 6.73. The first-order chi connectivity index (χ1) is 8.04. The number of rotatable bonds is 3. The fraction of sp³-hybridized carbons (Fsp3) is 0.462. The monoisotopic (exact) mass is 268 g/mol. The molecule has 1 heterocycles. The van der Waals surface area contributed by atoms with Crippen LogP contribution in [0.2, 0.25) is 5.02 Å². The second-order valence-corrected chi connectivity index (χ2v) is 5.41. The molecule has 92 valence electrons. The Labute approximate surface area is 112 Å². The number of halogens is 1. The lowest BCUT2D eigenvalue weighted by atomic mass is 10.0. The Balaban J connectivity index is 2.61. The molecule has 2 nitrogen and oxygen atoms in total. The van der Waals surface area contributed by atoms with E-state index in [0.29, 0.717) is 12.0 Å². The largest absolute Gasteiger partial charge is 0.331 e. The van der Waals surface area contributed by atoms with Crippen LogP contribution < -0.4 is 0 Å². The lowest BCUT2D eigenvalue weighted by Crippen LogP contribution is -2.13. The van der Waals surface area contributed by atoms with Gasteiger partial charge < -0.3 is 9.55 Å². The lowest BCUT2D eigenvalue weighted by Gasteiger charge is -2.20. The molecule has 0 saturated heterocycles. The SMILES string of the molecule is CCC(C)C(C)n1c(=S)[nH]c2cc(Cl)ccc21. The van der Waals surface area contributed by atoms with Gasteiger partial charge in [-0.25, -0.2) is 0 Å². The first-order valence-electron chi connectivity index (χ1n) is 5.94. The Morgan fingerprint density at radius 3 is 2.76 bits per heavy atom. The zero-order chi connectivity index (χ0) is 12.6. The highest BCUT2D eigenvalue weighted by molar-refractivity contribution is 7.71. The van der Waals surface area contributed by atoms with Crippen molar-refractivity contribution in [2.45, 2.75) is 33.2 Å². The maximum absolute atomic E-state index is 5.99. The summed E-state index contributed by atoms with van der Waals surface area (Å²) >= 11 is 11.4. The van der Waals surface area contributed by atoms with Gasteiger partial charge in [-0.05, 0) is 43.3 Å². The number of imidazole rings is 1. The molecule has 1 aromatic heterocycles. The molecular formula is C13H17ClN2S. The van der Waals surface area contributed by atoms with Crippen LogP contribution in [0, 0.1) is 10.7 Å². The number of benzene rings is 1. The Hall–Kier alpha value is -0.800. The van der Waals surface area contributed by atoms with Crippen molar-refractivity contribution < 1.29 is 0 Å². The van der Waals surface area contributed by atoms with E-state index in [9.17, 15) is 0 Å². The van der Waals surface area contributed by atoms with Crippen LogP contribution in [-0.4, -0.2) is 9.55 Å². The van der Waals surface area contributed by atoms with Gasteiger partial charge in [0, 0.05) is 11.1 Å². The minimum absolute atomic E-state index is 0.391. The number of fused-ring (bicyclic) bond motifs is 1. The minimum Gasteiger partial charge on any atom is -0.331 e. The van der Waals surface area contributed by atoms with Crippen LogP contribution in [0.3, 0.4) is 0 Å². The summed E-state index contributed by atoms with van der Waals surface area (Å²) in [6.45, 7) is 6.67. The van der Waals surface area contributed by atoms with E-state index >= 15 is 0 Å². The topological polar surface area (TPSA) is 20.7 Å². The van der Waals surface area contributed by atoms with E-state index in [2.05, 4.69) is 30.3 Å². The van der Waals surface area contributed by atoms with Crippen molar-refractivity contribution in [1.29, 1.82) is 0 Å². The van der Waals surface area contributed by atoms with Crippen LogP contribution in [-0.2, 0) is 0 Å². The van der Waals surface area contributed by atoms with Gasteiger partial charge in [0.25, 0.3) is 0 Å². The molecule has 1 aromatic carbocycles. The van der Waals surface area contributed by atoms with E-state index in [-0.39, 0.29) is 0 Å². The molecule has 0 aliphatic rings. The second-order valence-electron chi connectivity index (χ2n) is 4.59. The van der Waals surface area contributed by atoms with E-state index in [0.717, 1.165) is 27.2 Å². The molecule has 0 aliphatic carbocycles. The zero-order valence-electron chi connectivity index (χ0n) is 10.3. The average molecular weight is 269 g/mol. The highest BCUT2D eigenvalue weighted by atomic mass is 35.5. The first kappa shape index (κ1) is 12.7. The van der Waals surface area contributed by atoms with Gasteiger partial charge >= 0.3 is 0 Å². The van der Waals surface area contributed by atoms with Gasteiger partial charge in [-0.1, -0.05) is 31.9 Å². The summed E-state index contributed by atoms with van der Waals surface area (Å²) in [6, 6.07) is 6.25. The number of hydrogen-bond acceptors (Lipinski definition) is 1. The van der Waals surface area contributed by atoms with Crippen molar-refractivity contribution in [3.05, 3.63) is 28.0 Å². The van der Waals surface area contributed by atoms with Crippen molar-refractivity contribution in [2.24, 2.45) is 5.92 Å². The Morgan fingerprint density at radius 1 is 1.41 bits per heavy atom. The molecule has 0 spiro atoms. The summed E-state index contributed by atoms with van der Waals surface area (Å²) in [5.41, 5.74) is 2.14. The molecule has 0 amide bonds. The molecule has 2 unspecified atom stereocenters. The van der Waals surface area contributed by atoms with E-state index in [1.807, 2.05) is 18.2 Å². The Morgan fingerprint density at radius 2 is 2.12 bits per heavy atom. The highest BCUT2D eigenvalue weighted by Gasteiger charge is 2.16. The minimum atomic E-state index is 0.391. The maximum Gasteiger partial charge on any atom is 0.178 e. The van der Waals surface area contributed by atoms with Gasteiger partial charge in [-0.2, -0.15) is 0 Å². The standard InChI is InChI=1S/C13H17ClN2S/c1-4-8(2)9(3)16-12-6-5-10(14)7-11(12)15-13(16)17/h5-9H,4H2,1-3H3,(H,15,17).